The maximum atomic E-state index is 15.9. The van der Waals surface area contributed by atoms with E-state index in [4.69, 9.17) is 14.1 Å². The zero-order chi connectivity index (χ0) is 34.0. The maximum absolute atomic E-state index is 15.9. The number of ether oxygens (including phenoxy) is 1. The number of benzene rings is 2. The highest BCUT2D eigenvalue weighted by Crippen LogP contribution is 2.42. The molecule has 2 fully saturated rings. The number of hydrogen-bond acceptors (Lipinski definition) is 8. The summed E-state index contributed by atoms with van der Waals surface area (Å²) in [5.41, 5.74) is 3.46. The van der Waals surface area contributed by atoms with Gasteiger partial charge in [0.15, 0.2) is 11.4 Å². The van der Waals surface area contributed by atoms with Crippen molar-refractivity contribution in [2.24, 2.45) is 5.92 Å². The lowest BCUT2D eigenvalue weighted by molar-refractivity contribution is -0.138. The van der Waals surface area contributed by atoms with Gasteiger partial charge in [0, 0.05) is 43.8 Å². The van der Waals surface area contributed by atoms with Crippen LogP contribution >= 0.6 is 0 Å². The molecule has 13 heteroatoms. The Morgan fingerprint density at radius 3 is 2.67 bits per heavy atom. The Hall–Kier alpha value is -4.81. The molecule has 2 aromatic carbocycles. The number of fused-ring (bicyclic) bond motifs is 12. The topological polar surface area (TPSA) is 127 Å². The van der Waals surface area contributed by atoms with Gasteiger partial charge in [-0.1, -0.05) is 37.6 Å². The molecule has 9 rings (SSSR count). The van der Waals surface area contributed by atoms with E-state index in [2.05, 4.69) is 21.5 Å². The molecule has 7 heterocycles. The molecule has 256 valence electrons. The van der Waals surface area contributed by atoms with Gasteiger partial charge >= 0.3 is 11.9 Å². The molecule has 0 saturated carbocycles. The Bertz CT molecular complexity index is 2090. The van der Waals surface area contributed by atoms with Crippen molar-refractivity contribution in [3.05, 3.63) is 53.9 Å². The zero-order valence-electron chi connectivity index (χ0n) is 27.4. The summed E-state index contributed by atoms with van der Waals surface area (Å²) in [6, 6.07) is 12.2. The Labute approximate surface area is 280 Å². The summed E-state index contributed by atoms with van der Waals surface area (Å²) in [4.78, 5) is 43.0. The van der Waals surface area contributed by atoms with E-state index in [1.165, 1.54) is 4.90 Å². The van der Waals surface area contributed by atoms with Crippen molar-refractivity contribution in [2.45, 2.75) is 82.9 Å². The van der Waals surface area contributed by atoms with E-state index in [0.717, 1.165) is 16.6 Å². The van der Waals surface area contributed by atoms with E-state index < -0.39 is 36.3 Å². The third kappa shape index (κ3) is 5.43. The van der Waals surface area contributed by atoms with Crippen molar-refractivity contribution in [3.63, 3.8) is 0 Å². The molecule has 0 unspecified atom stereocenters. The van der Waals surface area contributed by atoms with Crippen molar-refractivity contribution in [3.8, 4) is 6.01 Å². The zero-order valence-corrected chi connectivity index (χ0v) is 27.4. The number of carbonyl (C=O) groups is 2. The molecule has 6 bridgehead atoms. The minimum atomic E-state index is -3.40. The van der Waals surface area contributed by atoms with Crippen LogP contribution in [-0.2, 0) is 15.5 Å². The first-order valence-corrected chi connectivity index (χ1v) is 17.1. The lowest BCUT2D eigenvalue weighted by atomic mass is 9.93. The van der Waals surface area contributed by atoms with E-state index in [1.807, 2.05) is 30.0 Å². The number of aliphatic carboxylic acids is 1. The maximum Gasteiger partial charge on any atom is 0.326 e. The van der Waals surface area contributed by atoms with E-state index in [9.17, 15) is 14.7 Å². The first-order chi connectivity index (χ1) is 23.6. The second-order valence-electron chi connectivity index (χ2n) is 13.8. The van der Waals surface area contributed by atoms with Crippen molar-refractivity contribution in [2.75, 3.05) is 24.5 Å². The number of imidazole rings is 1. The minimum Gasteiger partial charge on any atom is -0.480 e. The smallest absolute Gasteiger partial charge is 0.326 e. The van der Waals surface area contributed by atoms with Crippen LogP contribution < -0.4 is 9.64 Å². The number of rotatable bonds is 1. The number of aryl methyl sites for hydroxylation is 1. The standard InChI is InChI=1S/C36H38F2N6O5/c1-20-9-8-11-25-29(20)40-35-44(25)24-14-16-42(18-21(24)2)28(45)13-4-3-7-15-36(37,38)34-39-30-23-10-5-6-12-27(23)49-31(30)32(41-34)43-19-22(48-35)17-26(43)33(46)47/h5-6,8-12,21-22,24,26H,3-4,7,13-19H2,1-2H3,(H,46,47)/t21-,22+,24-,26+/m1/s1. The molecular formula is C36H38F2N6O5. The molecule has 4 aliphatic rings. The third-order valence-electron chi connectivity index (χ3n) is 10.4. The van der Waals surface area contributed by atoms with Gasteiger partial charge in [-0.05, 0) is 55.9 Å². The lowest BCUT2D eigenvalue weighted by Gasteiger charge is -2.38. The number of carboxylic acid groups (broad SMARTS) is 1. The normalized spacial score (nSPS) is 24.8. The average molecular weight is 673 g/mol. The number of alkyl halides is 2. The summed E-state index contributed by atoms with van der Waals surface area (Å²) in [7, 11) is 0. The highest BCUT2D eigenvalue weighted by atomic mass is 19.3. The molecule has 0 spiro atoms. The third-order valence-corrected chi connectivity index (χ3v) is 10.4. The summed E-state index contributed by atoms with van der Waals surface area (Å²) in [6.07, 6.45) is 1.02. The first-order valence-electron chi connectivity index (χ1n) is 17.1. The number of carbonyl (C=O) groups excluding carboxylic acids is 1. The van der Waals surface area contributed by atoms with Crippen LogP contribution in [0.1, 0.15) is 69.3 Å². The van der Waals surface area contributed by atoms with Crippen LogP contribution in [0.5, 0.6) is 6.01 Å². The predicted molar refractivity (Wildman–Crippen MR) is 178 cm³/mol. The molecule has 4 aliphatic heterocycles. The number of nitrogens with zero attached hydrogens (tertiary/aromatic N) is 6. The molecule has 11 nitrogen and oxygen atoms in total. The number of amides is 1. The molecule has 3 aromatic heterocycles. The van der Waals surface area contributed by atoms with Gasteiger partial charge in [-0.3, -0.25) is 9.36 Å². The first kappa shape index (κ1) is 31.5. The summed E-state index contributed by atoms with van der Waals surface area (Å²) in [6.45, 7) is 5.28. The predicted octanol–water partition coefficient (Wildman–Crippen LogP) is 6.61. The molecule has 2 saturated heterocycles. The minimum absolute atomic E-state index is 0.000262. The average Bonchev–Trinajstić information content (AvgIpc) is 3.78. The molecule has 0 aliphatic carbocycles. The van der Waals surface area contributed by atoms with E-state index in [0.29, 0.717) is 55.8 Å². The van der Waals surface area contributed by atoms with Crippen LogP contribution in [0.2, 0.25) is 0 Å². The largest absolute Gasteiger partial charge is 0.480 e. The summed E-state index contributed by atoms with van der Waals surface area (Å²) in [5, 5.41) is 11.0. The van der Waals surface area contributed by atoms with Gasteiger partial charge in [0.2, 0.25) is 11.7 Å². The number of anilines is 1. The van der Waals surface area contributed by atoms with Crippen LogP contribution in [0.3, 0.4) is 0 Å². The second-order valence-corrected chi connectivity index (χ2v) is 13.8. The fraction of sp³-hybridized carbons (Fsp3) is 0.472. The molecule has 5 aromatic rings. The van der Waals surface area contributed by atoms with E-state index in [-0.39, 0.29) is 54.2 Å². The van der Waals surface area contributed by atoms with Crippen LogP contribution in [0.15, 0.2) is 46.9 Å². The van der Waals surface area contributed by atoms with Gasteiger partial charge in [-0.15, -0.1) is 0 Å². The Morgan fingerprint density at radius 2 is 1.86 bits per heavy atom. The van der Waals surface area contributed by atoms with Crippen molar-refractivity contribution >= 4 is 50.8 Å². The fourth-order valence-electron chi connectivity index (χ4n) is 7.89. The van der Waals surface area contributed by atoms with Crippen LogP contribution in [0.4, 0.5) is 14.6 Å². The highest BCUT2D eigenvalue weighted by Gasteiger charge is 2.44. The number of hydrogen-bond donors (Lipinski definition) is 1. The number of aromatic nitrogens is 4. The van der Waals surface area contributed by atoms with Crippen molar-refractivity contribution in [1.82, 2.24) is 24.4 Å². The highest BCUT2D eigenvalue weighted by molar-refractivity contribution is 6.06. The van der Waals surface area contributed by atoms with Crippen molar-refractivity contribution in [1.29, 1.82) is 0 Å². The van der Waals surface area contributed by atoms with Crippen LogP contribution in [0.25, 0.3) is 33.1 Å². The van der Waals surface area contributed by atoms with Gasteiger partial charge < -0.3 is 24.1 Å². The lowest BCUT2D eigenvalue weighted by Crippen LogP contribution is -2.43. The SMILES string of the molecule is Cc1cccc2c1nc1n2[C@@H]2CCN(C[C@H]2C)C(=O)CCCCCC(F)(F)c2nc(c3oc4ccccc4c3n2)N2C[C@H](C[C@H]2C(=O)O)O1. The molecule has 4 atom stereocenters. The Balaban J connectivity index is 1.26. The van der Waals surface area contributed by atoms with Gasteiger partial charge in [0.1, 0.15) is 23.2 Å². The summed E-state index contributed by atoms with van der Waals surface area (Å²) in [5.74, 6) is -5.11. The van der Waals surface area contributed by atoms with Gasteiger partial charge in [-0.2, -0.15) is 13.8 Å². The number of halogens is 2. The summed E-state index contributed by atoms with van der Waals surface area (Å²) >= 11 is 0. The van der Waals surface area contributed by atoms with Gasteiger partial charge in [0.05, 0.1) is 17.6 Å². The number of carboxylic acids is 1. The van der Waals surface area contributed by atoms with Crippen molar-refractivity contribution < 1.29 is 32.6 Å². The monoisotopic (exact) mass is 672 g/mol. The number of para-hydroxylation sites is 2. The van der Waals surface area contributed by atoms with Gasteiger partial charge in [0.25, 0.3) is 6.01 Å². The Kier molecular flexibility index (Phi) is 7.68. The molecule has 0 radical (unpaired) electrons. The number of piperidine rings is 1. The number of furan rings is 1. The Morgan fingerprint density at radius 1 is 1.02 bits per heavy atom. The molecule has 1 amide bonds. The van der Waals surface area contributed by atoms with E-state index >= 15 is 8.78 Å². The molecule has 1 N–H and O–H groups in total. The van der Waals surface area contributed by atoms with Crippen LogP contribution in [-0.4, -0.2) is 73.2 Å². The molecular weight excluding hydrogens is 634 g/mol. The van der Waals surface area contributed by atoms with Crippen LogP contribution in [0, 0.1) is 12.8 Å². The summed E-state index contributed by atoms with van der Waals surface area (Å²) < 4.78 is 46.7. The fourth-order valence-corrected chi connectivity index (χ4v) is 7.89. The van der Waals surface area contributed by atoms with E-state index in [1.54, 1.807) is 24.3 Å². The molecule has 49 heavy (non-hydrogen) atoms. The quantitative estimate of drug-likeness (QED) is 0.209. The second kappa shape index (κ2) is 12.0. The van der Waals surface area contributed by atoms with Gasteiger partial charge in [-0.25, -0.2) is 14.8 Å².